The number of nitrogens with one attached hydrogen (secondary N) is 2. The van der Waals surface area contributed by atoms with Crippen molar-refractivity contribution in [3.8, 4) is 17.1 Å². The lowest BCUT2D eigenvalue weighted by atomic mass is 10.1. The van der Waals surface area contributed by atoms with Crippen LogP contribution in [0.25, 0.3) is 16.9 Å². The number of carboxylic acid groups (broad SMARTS) is 1. The van der Waals surface area contributed by atoms with Crippen LogP contribution >= 0.6 is 0 Å². The molecule has 1 aliphatic carbocycles. The Hall–Kier alpha value is -4.14. The van der Waals surface area contributed by atoms with Crippen molar-refractivity contribution in [2.75, 3.05) is 17.7 Å². The number of fused-ring (bicyclic) bond motifs is 1. The lowest BCUT2D eigenvalue weighted by Crippen LogP contribution is -2.08. The average molecular weight is 432 g/mol. The van der Waals surface area contributed by atoms with Crippen molar-refractivity contribution < 1.29 is 14.6 Å². The summed E-state index contributed by atoms with van der Waals surface area (Å²) in [5, 5.41) is 18.6. The normalized spacial score (nSPS) is 11.9. The van der Waals surface area contributed by atoms with Gasteiger partial charge in [-0.1, -0.05) is 49.6 Å². The SMILES string of the molecule is C1CC1.COc1ccc(NCc2ccc(-c3cccc4nc(NC(=O)O)nn34)cc2)cn1. The zero-order valence-electron chi connectivity index (χ0n) is 17.7. The van der Waals surface area contributed by atoms with Gasteiger partial charge in [-0.05, 0) is 23.8 Å². The molecule has 3 N–H and O–H groups in total. The number of hydrogen-bond donors (Lipinski definition) is 3. The third kappa shape index (κ3) is 5.51. The van der Waals surface area contributed by atoms with Gasteiger partial charge in [0.05, 0.1) is 24.7 Å². The summed E-state index contributed by atoms with van der Waals surface area (Å²) in [6, 6.07) is 17.3. The van der Waals surface area contributed by atoms with Gasteiger partial charge in [0.1, 0.15) is 0 Å². The molecule has 1 fully saturated rings. The minimum absolute atomic E-state index is 0.0406. The van der Waals surface area contributed by atoms with Gasteiger partial charge in [0.15, 0.2) is 5.65 Å². The number of benzene rings is 1. The van der Waals surface area contributed by atoms with Crippen LogP contribution in [0.15, 0.2) is 60.8 Å². The number of amides is 1. The van der Waals surface area contributed by atoms with Crippen molar-refractivity contribution in [1.82, 2.24) is 19.6 Å². The van der Waals surface area contributed by atoms with Crippen LogP contribution in [0, 0.1) is 0 Å². The van der Waals surface area contributed by atoms with Crippen molar-refractivity contribution in [1.29, 1.82) is 0 Å². The third-order valence-electron chi connectivity index (χ3n) is 4.62. The number of aromatic nitrogens is 4. The topological polar surface area (TPSA) is 114 Å². The molecular formula is C23H24N6O3. The van der Waals surface area contributed by atoms with Crippen molar-refractivity contribution in [3.63, 3.8) is 0 Å². The Kier molecular flexibility index (Phi) is 6.45. The zero-order chi connectivity index (χ0) is 22.3. The molecule has 0 radical (unpaired) electrons. The molecule has 32 heavy (non-hydrogen) atoms. The van der Waals surface area contributed by atoms with E-state index in [-0.39, 0.29) is 5.95 Å². The largest absolute Gasteiger partial charge is 0.481 e. The van der Waals surface area contributed by atoms with Gasteiger partial charge >= 0.3 is 6.09 Å². The molecule has 9 heteroatoms. The molecule has 3 aromatic heterocycles. The van der Waals surface area contributed by atoms with Crippen LogP contribution in [0.4, 0.5) is 16.4 Å². The number of hydrogen-bond acceptors (Lipinski definition) is 6. The molecule has 1 amide bonds. The number of ether oxygens (including phenoxy) is 1. The van der Waals surface area contributed by atoms with Gasteiger partial charge in [-0.15, -0.1) is 5.10 Å². The molecule has 5 rings (SSSR count). The lowest BCUT2D eigenvalue weighted by molar-refractivity contribution is 0.209. The first-order valence-corrected chi connectivity index (χ1v) is 10.3. The van der Waals surface area contributed by atoms with Gasteiger partial charge in [-0.2, -0.15) is 4.98 Å². The molecule has 3 heterocycles. The Morgan fingerprint density at radius 2 is 1.88 bits per heavy atom. The fraction of sp³-hybridized carbons (Fsp3) is 0.217. The second kappa shape index (κ2) is 9.78. The standard InChI is InChI=1S/C20H18N6O3.C3H6/c1-29-18-10-9-15(12-22-18)21-11-13-5-7-14(8-6-13)16-3-2-4-17-23-19(24-20(27)28)25-26(16)17;1-2-3-1/h2-10,12,21H,11H2,1H3,(H,24,25)(H,27,28);1-3H2. The van der Waals surface area contributed by atoms with Crippen LogP contribution in [0.5, 0.6) is 5.88 Å². The van der Waals surface area contributed by atoms with E-state index in [1.165, 1.54) is 19.3 Å². The van der Waals surface area contributed by atoms with Gasteiger partial charge in [-0.3, -0.25) is 5.32 Å². The quantitative estimate of drug-likeness (QED) is 0.406. The van der Waals surface area contributed by atoms with E-state index in [0.717, 1.165) is 22.5 Å². The molecule has 1 aliphatic rings. The fourth-order valence-corrected chi connectivity index (χ4v) is 2.88. The average Bonchev–Trinajstić information content (AvgIpc) is 3.64. The summed E-state index contributed by atoms with van der Waals surface area (Å²) in [7, 11) is 1.58. The van der Waals surface area contributed by atoms with Crippen molar-refractivity contribution in [2.45, 2.75) is 25.8 Å². The summed E-state index contributed by atoms with van der Waals surface area (Å²) < 4.78 is 6.67. The van der Waals surface area contributed by atoms with E-state index in [1.807, 2.05) is 42.5 Å². The van der Waals surface area contributed by atoms with Crippen LogP contribution in [0.1, 0.15) is 24.8 Å². The van der Waals surface area contributed by atoms with E-state index < -0.39 is 6.09 Å². The van der Waals surface area contributed by atoms with Crippen molar-refractivity contribution >= 4 is 23.4 Å². The number of rotatable bonds is 6. The molecule has 0 unspecified atom stereocenters. The van der Waals surface area contributed by atoms with E-state index in [1.54, 1.807) is 30.0 Å². The summed E-state index contributed by atoms with van der Waals surface area (Å²) in [5.41, 5.74) is 4.32. The second-order valence-corrected chi connectivity index (χ2v) is 7.25. The van der Waals surface area contributed by atoms with E-state index in [0.29, 0.717) is 18.1 Å². The molecular weight excluding hydrogens is 408 g/mol. The van der Waals surface area contributed by atoms with Crippen molar-refractivity contribution in [2.24, 2.45) is 0 Å². The molecule has 0 saturated heterocycles. The smallest absolute Gasteiger partial charge is 0.411 e. The first-order chi connectivity index (χ1) is 15.6. The highest BCUT2D eigenvalue weighted by atomic mass is 16.5. The molecule has 9 nitrogen and oxygen atoms in total. The van der Waals surface area contributed by atoms with Gasteiger partial charge in [-0.25, -0.2) is 14.3 Å². The van der Waals surface area contributed by atoms with Crippen LogP contribution in [-0.2, 0) is 6.54 Å². The predicted molar refractivity (Wildman–Crippen MR) is 122 cm³/mol. The summed E-state index contributed by atoms with van der Waals surface area (Å²) in [4.78, 5) is 19.2. The molecule has 0 aliphatic heterocycles. The summed E-state index contributed by atoms with van der Waals surface area (Å²) in [5.74, 6) is 0.614. The molecule has 1 aromatic carbocycles. The Balaban J connectivity index is 0.000000754. The van der Waals surface area contributed by atoms with E-state index in [4.69, 9.17) is 9.84 Å². The van der Waals surface area contributed by atoms with Gasteiger partial charge < -0.3 is 15.2 Å². The Morgan fingerprint density at radius 1 is 1.09 bits per heavy atom. The van der Waals surface area contributed by atoms with Crippen LogP contribution in [-0.4, -0.2) is 37.9 Å². The lowest BCUT2D eigenvalue weighted by Gasteiger charge is -2.08. The highest BCUT2D eigenvalue weighted by molar-refractivity contribution is 5.80. The molecule has 4 aromatic rings. The van der Waals surface area contributed by atoms with Crippen LogP contribution in [0.3, 0.4) is 0 Å². The molecule has 0 bridgehead atoms. The fourth-order valence-electron chi connectivity index (χ4n) is 2.88. The Morgan fingerprint density at radius 3 is 2.50 bits per heavy atom. The van der Waals surface area contributed by atoms with Gasteiger partial charge in [0.25, 0.3) is 5.95 Å². The highest BCUT2D eigenvalue weighted by Crippen LogP contribution is 2.22. The van der Waals surface area contributed by atoms with Gasteiger partial charge in [0.2, 0.25) is 5.88 Å². The molecule has 0 atom stereocenters. The number of pyridine rings is 2. The maximum Gasteiger partial charge on any atom is 0.411 e. The molecule has 1 saturated carbocycles. The molecule has 164 valence electrons. The maximum atomic E-state index is 10.8. The predicted octanol–water partition coefficient (Wildman–Crippen LogP) is 4.67. The summed E-state index contributed by atoms with van der Waals surface area (Å²) >= 11 is 0. The van der Waals surface area contributed by atoms with Crippen LogP contribution in [0.2, 0.25) is 0 Å². The first-order valence-electron chi connectivity index (χ1n) is 10.3. The Labute approximate surface area is 185 Å². The monoisotopic (exact) mass is 432 g/mol. The number of carbonyl (C=O) groups is 1. The number of methoxy groups -OCH3 is 1. The van der Waals surface area contributed by atoms with E-state index in [2.05, 4.69) is 25.7 Å². The zero-order valence-corrected chi connectivity index (χ0v) is 17.7. The number of nitrogens with zero attached hydrogens (tertiary/aromatic N) is 4. The molecule has 0 spiro atoms. The minimum Gasteiger partial charge on any atom is -0.481 e. The van der Waals surface area contributed by atoms with Crippen molar-refractivity contribution in [3.05, 3.63) is 66.4 Å². The third-order valence-corrected chi connectivity index (χ3v) is 4.62. The maximum absolute atomic E-state index is 10.8. The first kappa shape index (κ1) is 21.1. The van der Waals surface area contributed by atoms with Gasteiger partial charge in [0, 0.05) is 18.2 Å². The summed E-state index contributed by atoms with van der Waals surface area (Å²) in [6.45, 7) is 0.647. The number of anilines is 2. The summed E-state index contributed by atoms with van der Waals surface area (Å²) in [6.07, 6.45) is 5.02. The highest BCUT2D eigenvalue weighted by Gasteiger charge is 2.10. The minimum atomic E-state index is -1.20. The van der Waals surface area contributed by atoms with E-state index >= 15 is 0 Å². The Bertz CT molecular complexity index is 1180. The second-order valence-electron chi connectivity index (χ2n) is 7.25. The van der Waals surface area contributed by atoms with Crippen LogP contribution < -0.4 is 15.4 Å². The van der Waals surface area contributed by atoms with E-state index in [9.17, 15) is 4.79 Å².